The SMILES string of the molecule is Nc1nc(Cl)ncc1C(=O)c1cc(F)cc2ccoc12.O=C(c1cnc(Cl)nc1Cl)c1cc(F)cc2ccoc12. The van der Waals surface area contributed by atoms with Crippen LogP contribution in [0.25, 0.3) is 21.9 Å². The number of carbonyl (C=O) groups is 2. The van der Waals surface area contributed by atoms with Crippen LogP contribution in [0.2, 0.25) is 15.7 Å². The maximum atomic E-state index is 13.5. The first-order chi connectivity index (χ1) is 19.1. The lowest BCUT2D eigenvalue weighted by Gasteiger charge is -2.05. The van der Waals surface area contributed by atoms with Crippen molar-refractivity contribution >= 4 is 74.1 Å². The molecule has 6 aromatic rings. The summed E-state index contributed by atoms with van der Waals surface area (Å²) < 4.78 is 37.5. The zero-order chi connectivity index (χ0) is 28.6. The Bertz CT molecular complexity index is 1800. The average molecular weight is 603 g/mol. The van der Waals surface area contributed by atoms with Gasteiger partial charge in [0.25, 0.3) is 0 Å². The van der Waals surface area contributed by atoms with Crippen molar-refractivity contribution in [3.05, 3.63) is 111 Å². The molecule has 0 amide bonds. The minimum absolute atomic E-state index is 0.0272. The Hall–Kier alpha value is -4.45. The third-order valence-electron chi connectivity index (χ3n) is 5.51. The molecule has 40 heavy (non-hydrogen) atoms. The van der Waals surface area contributed by atoms with Gasteiger partial charge in [0.2, 0.25) is 22.1 Å². The lowest BCUT2D eigenvalue weighted by atomic mass is 10.0. The second-order valence-corrected chi connectivity index (χ2v) is 9.06. The number of anilines is 1. The van der Waals surface area contributed by atoms with E-state index in [1.807, 2.05) is 0 Å². The minimum Gasteiger partial charge on any atom is -0.464 e. The summed E-state index contributed by atoms with van der Waals surface area (Å²) in [7, 11) is 0. The molecule has 0 bridgehead atoms. The summed E-state index contributed by atoms with van der Waals surface area (Å²) in [5.74, 6) is -2.23. The maximum Gasteiger partial charge on any atom is 0.224 e. The van der Waals surface area contributed by atoms with Crippen LogP contribution < -0.4 is 5.73 Å². The number of carbonyl (C=O) groups excluding carboxylic acids is 2. The first kappa shape index (κ1) is 27.1. The Morgan fingerprint density at radius 1 is 0.700 bits per heavy atom. The molecule has 14 heteroatoms. The number of nitrogens with two attached hydrogens (primary N) is 1. The van der Waals surface area contributed by atoms with Crippen molar-refractivity contribution in [2.75, 3.05) is 5.73 Å². The molecule has 2 N–H and O–H groups in total. The fourth-order valence-corrected chi connectivity index (χ4v) is 4.29. The lowest BCUT2D eigenvalue weighted by Crippen LogP contribution is -2.08. The highest BCUT2D eigenvalue weighted by Crippen LogP contribution is 2.27. The van der Waals surface area contributed by atoms with Crippen LogP contribution in [0.4, 0.5) is 14.6 Å². The highest BCUT2D eigenvalue weighted by atomic mass is 35.5. The van der Waals surface area contributed by atoms with E-state index >= 15 is 0 Å². The van der Waals surface area contributed by atoms with Crippen molar-refractivity contribution in [3.8, 4) is 0 Å². The van der Waals surface area contributed by atoms with Crippen LogP contribution in [0, 0.1) is 11.6 Å². The number of rotatable bonds is 4. The summed E-state index contributed by atoms with van der Waals surface area (Å²) in [5.41, 5.74) is 6.38. The molecule has 0 unspecified atom stereocenters. The number of fused-ring (bicyclic) bond motifs is 2. The highest BCUT2D eigenvalue weighted by molar-refractivity contribution is 6.35. The molecule has 0 spiro atoms. The molecule has 0 aliphatic rings. The average Bonchev–Trinajstić information content (AvgIpc) is 3.57. The van der Waals surface area contributed by atoms with Gasteiger partial charge in [-0.3, -0.25) is 9.59 Å². The molecule has 4 heterocycles. The van der Waals surface area contributed by atoms with Gasteiger partial charge in [-0.25, -0.2) is 28.7 Å². The molecule has 9 nitrogen and oxygen atoms in total. The lowest BCUT2D eigenvalue weighted by molar-refractivity contribution is 0.103. The summed E-state index contributed by atoms with van der Waals surface area (Å²) in [6, 6.07) is 7.85. The number of benzene rings is 2. The van der Waals surface area contributed by atoms with Crippen LogP contribution in [0.5, 0.6) is 0 Å². The second kappa shape index (κ2) is 11.0. The van der Waals surface area contributed by atoms with E-state index in [0.29, 0.717) is 10.8 Å². The van der Waals surface area contributed by atoms with Gasteiger partial charge in [-0.2, -0.15) is 0 Å². The number of nitrogen functional groups attached to an aromatic ring is 1. The molecule has 0 fully saturated rings. The van der Waals surface area contributed by atoms with Crippen LogP contribution in [0.3, 0.4) is 0 Å². The van der Waals surface area contributed by atoms with Gasteiger partial charge in [0.15, 0.2) is 0 Å². The van der Waals surface area contributed by atoms with Crippen LogP contribution in [-0.4, -0.2) is 31.5 Å². The third-order valence-corrected chi connectivity index (χ3v) is 6.16. The molecule has 0 saturated heterocycles. The normalized spacial score (nSPS) is 10.9. The summed E-state index contributed by atoms with van der Waals surface area (Å²) in [4.78, 5) is 39.6. The van der Waals surface area contributed by atoms with Gasteiger partial charge < -0.3 is 14.6 Å². The molecule has 4 aromatic heterocycles. The summed E-state index contributed by atoms with van der Waals surface area (Å²) in [5, 5.41) is 0.732. The van der Waals surface area contributed by atoms with Gasteiger partial charge in [0.05, 0.1) is 34.8 Å². The smallest absolute Gasteiger partial charge is 0.224 e. The Kier molecular flexibility index (Phi) is 7.44. The maximum absolute atomic E-state index is 13.5. The number of halogens is 5. The van der Waals surface area contributed by atoms with E-state index < -0.39 is 23.2 Å². The molecular formula is C26H12Cl3F2N5O4. The fraction of sp³-hybridized carbons (Fsp3) is 0. The largest absolute Gasteiger partial charge is 0.464 e. The van der Waals surface area contributed by atoms with E-state index in [-0.39, 0.29) is 55.0 Å². The van der Waals surface area contributed by atoms with Gasteiger partial charge in [-0.05, 0) is 59.6 Å². The standard InChI is InChI=1S/C13H5Cl2FN2O2.C13H7ClFN3O2/c14-12-9(5-17-13(15)18-12)10(19)8-4-7(16)3-6-1-2-20-11(6)8;14-13-17-5-9(12(16)18-13)10(19)8-4-7(15)3-6-1-2-20-11(6)8/h1-5H;1-5H,(H2,16,17,18). The Morgan fingerprint density at radius 2 is 1.18 bits per heavy atom. The number of nitrogens with zero attached hydrogens (tertiary/aromatic N) is 4. The molecule has 200 valence electrons. The van der Waals surface area contributed by atoms with E-state index in [0.717, 1.165) is 12.1 Å². The van der Waals surface area contributed by atoms with Gasteiger partial charge in [0, 0.05) is 23.2 Å². The van der Waals surface area contributed by atoms with Crippen molar-refractivity contribution < 1.29 is 27.2 Å². The van der Waals surface area contributed by atoms with E-state index in [1.165, 1.54) is 37.1 Å². The monoisotopic (exact) mass is 601 g/mol. The Morgan fingerprint density at radius 3 is 1.68 bits per heavy atom. The molecule has 6 rings (SSSR count). The quantitative estimate of drug-likeness (QED) is 0.132. The molecule has 0 aliphatic carbocycles. The fourth-order valence-electron chi connectivity index (χ4n) is 3.76. The van der Waals surface area contributed by atoms with Crippen molar-refractivity contribution in [2.24, 2.45) is 0 Å². The highest BCUT2D eigenvalue weighted by Gasteiger charge is 2.21. The van der Waals surface area contributed by atoms with Crippen molar-refractivity contribution in [1.29, 1.82) is 0 Å². The van der Waals surface area contributed by atoms with Crippen LogP contribution in [0.1, 0.15) is 31.8 Å². The predicted octanol–water partition coefficient (Wildman–Crippen LogP) is 6.73. The molecule has 0 aliphatic heterocycles. The number of furan rings is 2. The van der Waals surface area contributed by atoms with Crippen molar-refractivity contribution in [3.63, 3.8) is 0 Å². The number of hydrogen-bond donors (Lipinski definition) is 1. The molecule has 0 saturated carbocycles. The number of ketones is 2. The Labute approximate surface area is 237 Å². The second-order valence-electron chi connectivity index (χ2n) is 8.02. The zero-order valence-electron chi connectivity index (χ0n) is 19.7. The Balaban J connectivity index is 0.000000161. The predicted molar refractivity (Wildman–Crippen MR) is 143 cm³/mol. The minimum atomic E-state index is -0.548. The van der Waals surface area contributed by atoms with Crippen molar-refractivity contribution in [1.82, 2.24) is 19.9 Å². The third kappa shape index (κ3) is 5.34. The van der Waals surface area contributed by atoms with Crippen molar-refractivity contribution in [2.45, 2.75) is 0 Å². The van der Waals surface area contributed by atoms with Gasteiger partial charge >= 0.3 is 0 Å². The number of hydrogen-bond acceptors (Lipinski definition) is 9. The van der Waals surface area contributed by atoms with Gasteiger partial charge in [-0.15, -0.1) is 0 Å². The van der Waals surface area contributed by atoms with Crippen LogP contribution >= 0.6 is 34.8 Å². The van der Waals surface area contributed by atoms with E-state index in [1.54, 1.807) is 12.1 Å². The molecule has 0 radical (unpaired) electrons. The molecule has 0 atom stereocenters. The molecule has 2 aromatic carbocycles. The van der Waals surface area contributed by atoms with E-state index in [2.05, 4.69) is 19.9 Å². The zero-order valence-corrected chi connectivity index (χ0v) is 21.9. The number of aromatic nitrogens is 4. The van der Waals surface area contributed by atoms with E-state index in [9.17, 15) is 18.4 Å². The first-order valence-electron chi connectivity index (χ1n) is 11.0. The first-order valence-corrected chi connectivity index (χ1v) is 12.1. The summed E-state index contributed by atoms with van der Waals surface area (Å²) in [6.45, 7) is 0. The van der Waals surface area contributed by atoms with Crippen LogP contribution in [0.15, 0.2) is 70.2 Å². The van der Waals surface area contributed by atoms with Crippen LogP contribution in [-0.2, 0) is 0 Å². The summed E-state index contributed by atoms with van der Waals surface area (Å²) in [6.07, 6.45) is 5.15. The van der Waals surface area contributed by atoms with Gasteiger partial charge in [0.1, 0.15) is 33.8 Å². The van der Waals surface area contributed by atoms with E-state index in [4.69, 9.17) is 49.4 Å². The summed E-state index contributed by atoms with van der Waals surface area (Å²) >= 11 is 17.0. The molecular weight excluding hydrogens is 591 g/mol. The topological polar surface area (TPSA) is 138 Å². The van der Waals surface area contributed by atoms with Gasteiger partial charge in [-0.1, -0.05) is 11.6 Å².